The summed E-state index contributed by atoms with van der Waals surface area (Å²) in [7, 11) is 0. The summed E-state index contributed by atoms with van der Waals surface area (Å²) in [5.74, 6) is -0.0731. The zero-order valence-corrected chi connectivity index (χ0v) is 12.8. The molecule has 3 aromatic heterocycles. The molecule has 0 saturated heterocycles. The van der Waals surface area contributed by atoms with Crippen molar-refractivity contribution in [2.24, 2.45) is 0 Å². The number of rotatable bonds is 4. The molecular formula is C13H14N4OS2. The minimum atomic E-state index is -0.0731. The summed E-state index contributed by atoms with van der Waals surface area (Å²) in [4.78, 5) is 22.6. The highest BCUT2D eigenvalue weighted by Gasteiger charge is 2.14. The van der Waals surface area contributed by atoms with Gasteiger partial charge < -0.3 is 5.32 Å². The Morgan fingerprint density at radius 3 is 3.00 bits per heavy atom. The second-order valence-electron chi connectivity index (χ2n) is 4.38. The third kappa shape index (κ3) is 2.46. The van der Waals surface area contributed by atoms with Crippen LogP contribution >= 0.6 is 22.7 Å². The van der Waals surface area contributed by atoms with E-state index in [1.165, 1.54) is 11.3 Å². The summed E-state index contributed by atoms with van der Waals surface area (Å²) in [6.07, 6.45) is 4.75. The van der Waals surface area contributed by atoms with E-state index in [1.807, 2.05) is 36.0 Å². The molecule has 0 aliphatic carbocycles. The Labute approximate surface area is 124 Å². The first kappa shape index (κ1) is 13.3. The Kier molecular flexibility index (Phi) is 3.54. The number of fused-ring (bicyclic) bond motifs is 1. The van der Waals surface area contributed by atoms with Crippen LogP contribution in [0.25, 0.3) is 4.96 Å². The van der Waals surface area contributed by atoms with Gasteiger partial charge in [-0.25, -0.2) is 9.97 Å². The summed E-state index contributed by atoms with van der Waals surface area (Å²) in [5, 5.41) is 5.88. The lowest BCUT2D eigenvalue weighted by atomic mass is 10.3. The molecule has 0 aliphatic heterocycles. The topological polar surface area (TPSA) is 59.3 Å². The van der Waals surface area contributed by atoms with Gasteiger partial charge in [0.05, 0.1) is 22.9 Å². The molecule has 3 rings (SSSR count). The van der Waals surface area contributed by atoms with Crippen molar-refractivity contribution < 1.29 is 4.79 Å². The maximum Gasteiger partial charge on any atom is 0.263 e. The number of nitrogens with zero attached hydrogens (tertiary/aromatic N) is 3. The van der Waals surface area contributed by atoms with E-state index in [0.29, 0.717) is 11.4 Å². The third-order valence-electron chi connectivity index (χ3n) is 2.92. The van der Waals surface area contributed by atoms with Crippen LogP contribution in [0.2, 0.25) is 0 Å². The SMILES string of the molecule is CCc1nc(C)c(C(=O)NCc2cn3ccsc3n2)s1. The van der Waals surface area contributed by atoms with Crippen molar-refractivity contribution in [3.8, 4) is 0 Å². The number of amides is 1. The molecule has 5 nitrogen and oxygen atoms in total. The molecule has 0 spiro atoms. The summed E-state index contributed by atoms with van der Waals surface area (Å²) in [5.41, 5.74) is 1.67. The van der Waals surface area contributed by atoms with Gasteiger partial charge in [0.15, 0.2) is 4.96 Å². The molecule has 0 atom stereocenters. The van der Waals surface area contributed by atoms with Crippen LogP contribution < -0.4 is 5.32 Å². The fraction of sp³-hybridized carbons (Fsp3) is 0.308. The molecule has 104 valence electrons. The van der Waals surface area contributed by atoms with Gasteiger partial charge in [0.1, 0.15) is 4.88 Å². The number of aromatic nitrogens is 3. The van der Waals surface area contributed by atoms with Crippen LogP contribution in [0.3, 0.4) is 0 Å². The molecule has 0 aromatic carbocycles. The van der Waals surface area contributed by atoms with E-state index in [9.17, 15) is 4.79 Å². The minimum absolute atomic E-state index is 0.0731. The van der Waals surface area contributed by atoms with Crippen LogP contribution in [0.4, 0.5) is 0 Å². The second kappa shape index (κ2) is 5.34. The van der Waals surface area contributed by atoms with Crippen LogP contribution in [0, 0.1) is 6.92 Å². The molecule has 3 aromatic rings. The molecule has 7 heteroatoms. The maximum atomic E-state index is 12.1. The second-order valence-corrected chi connectivity index (χ2v) is 6.34. The largest absolute Gasteiger partial charge is 0.346 e. The van der Waals surface area contributed by atoms with Gasteiger partial charge in [0, 0.05) is 17.8 Å². The number of aryl methyl sites for hydroxylation is 2. The summed E-state index contributed by atoms with van der Waals surface area (Å²) in [6.45, 7) is 4.35. The molecule has 0 aliphatic rings. The summed E-state index contributed by atoms with van der Waals surface area (Å²) in [6, 6.07) is 0. The van der Waals surface area contributed by atoms with Crippen LogP contribution in [0.1, 0.15) is 33.0 Å². The monoisotopic (exact) mass is 306 g/mol. The maximum absolute atomic E-state index is 12.1. The molecule has 0 fully saturated rings. The van der Waals surface area contributed by atoms with E-state index in [1.54, 1.807) is 11.3 Å². The van der Waals surface area contributed by atoms with E-state index < -0.39 is 0 Å². The third-order valence-corrected chi connectivity index (χ3v) is 4.99. The number of imidazole rings is 1. The Morgan fingerprint density at radius 2 is 2.30 bits per heavy atom. The number of carbonyl (C=O) groups is 1. The van der Waals surface area contributed by atoms with E-state index in [0.717, 1.165) is 27.8 Å². The molecule has 0 unspecified atom stereocenters. The molecule has 0 saturated carbocycles. The van der Waals surface area contributed by atoms with E-state index >= 15 is 0 Å². The van der Waals surface area contributed by atoms with Crippen molar-refractivity contribution >= 4 is 33.5 Å². The molecular weight excluding hydrogens is 292 g/mol. The molecule has 1 N–H and O–H groups in total. The number of thiazole rings is 2. The van der Waals surface area contributed by atoms with Crippen molar-refractivity contribution in [1.29, 1.82) is 0 Å². The average molecular weight is 306 g/mol. The van der Waals surface area contributed by atoms with Gasteiger partial charge in [0.25, 0.3) is 5.91 Å². The highest BCUT2D eigenvalue weighted by atomic mass is 32.1. The quantitative estimate of drug-likeness (QED) is 0.806. The van der Waals surface area contributed by atoms with Crippen molar-refractivity contribution in [2.75, 3.05) is 0 Å². The molecule has 1 amide bonds. The zero-order chi connectivity index (χ0) is 14.1. The number of hydrogen-bond acceptors (Lipinski definition) is 5. The Morgan fingerprint density at radius 1 is 1.45 bits per heavy atom. The lowest BCUT2D eigenvalue weighted by Crippen LogP contribution is -2.22. The fourth-order valence-corrected chi connectivity index (χ4v) is 3.57. The van der Waals surface area contributed by atoms with E-state index in [-0.39, 0.29) is 5.91 Å². The van der Waals surface area contributed by atoms with Gasteiger partial charge in [-0.05, 0) is 13.3 Å². The van der Waals surface area contributed by atoms with Crippen LogP contribution in [0.5, 0.6) is 0 Å². The van der Waals surface area contributed by atoms with Crippen LogP contribution in [-0.2, 0) is 13.0 Å². The molecule has 20 heavy (non-hydrogen) atoms. The Hall–Kier alpha value is -1.73. The normalized spacial score (nSPS) is 11.1. The average Bonchev–Trinajstić information content (AvgIpc) is 3.09. The molecule has 3 heterocycles. The first-order valence-corrected chi connectivity index (χ1v) is 8.02. The minimum Gasteiger partial charge on any atom is -0.346 e. The number of nitrogens with one attached hydrogen (secondary N) is 1. The predicted octanol–water partition coefficient (Wildman–Crippen LogP) is 2.65. The number of carbonyl (C=O) groups excluding carboxylic acids is 1. The van der Waals surface area contributed by atoms with Crippen molar-refractivity contribution in [2.45, 2.75) is 26.8 Å². The zero-order valence-electron chi connectivity index (χ0n) is 11.2. The lowest BCUT2D eigenvalue weighted by Gasteiger charge is -2.01. The van der Waals surface area contributed by atoms with E-state index in [4.69, 9.17) is 0 Å². The highest BCUT2D eigenvalue weighted by molar-refractivity contribution is 7.15. The van der Waals surface area contributed by atoms with Gasteiger partial charge in [-0.2, -0.15) is 0 Å². The first-order valence-electron chi connectivity index (χ1n) is 6.33. The van der Waals surface area contributed by atoms with Crippen molar-refractivity contribution in [3.63, 3.8) is 0 Å². The fourth-order valence-electron chi connectivity index (χ4n) is 1.93. The standard InChI is InChI=1S/C13H14N4OS2/c1-3-10-15-8(2)11(20-10)12(18)14-6-9-7-17-4-5-19-13(17)16-9/h4-5,7H,3,6H2,1-2H3,(H,14,18). The van der Waals surface area contributed by atoms with Gasteiger partial charge in [-0.1, -0.05) is 6.92 Å². The predicted molar refractivity (Wildman–Crippen MR) is 80.5 cm³/mol. The van der Waals surface area contributed by atoms with Crippen LogP contribution in [-0.4, -0.2) is 20.3 Å². The Balaban J connectivity index is 1.69. The first-order chi connectivity index (χ1) is 9.67. The molecule has 0 radical (unpaired) electrons. The van der Waals surface area contributed by atoms with Gasteiger partial charge in [-0.3, -0.25) is 9.20 Å². The van der Waals surface area contributed by atoms with Crippen molar-refractivity contribution in [1.82, 2.24) is 19.7 Å². The lowest BCUT2D eigenvalue weighted by molar-refractivity contribution is 0.0953. The number of hydrogen-bond donors (Lipinski definition) is 1. The summed E-state index contributed by atoms with van der Waals surface area (Å²) >= 11 is 3.04. The van der Waals surface area contributed by atoms with E-state index in [2.05, 4.69) is 15.3 Å². The smallest absolute Gasteiger partial charge is 0.263 e. The molecule has 0 bridgehead atoms. The van der Waals surface area contributed by atoms with Gasteiger partial charge in [-0.15, -0.1) is 22.7 Å². The summed E-state index contributed by atoms with van der Waals surface area (Å²) < 4.78 is 1.96. The Bertz CT molecular complexity index is 727. The van der Waals surface area contributed by atoms with Gasteiger partial charge >= 0.3 is 0 Å². The van der Waals surface area contributed by atoms with Crippen molar-refractivity contribution in [3.05, 3.63) is 39.0 Å². The highest BCUT2D eigenvalue weighted by Crippen LogP contribution is 2.18. The van der Waals surface area contributed by atoms with Crippen LogP contribution in [0.15, 0.2) is 17.8 Å². The van der Waals surface area contributed by atoms with Gasteiger partial charge in [0.2, 0.25) is 0 Å².